The van der Waals surface area contributed by atoms with Crippen molar-refractivity contribution in [1.29, 1.82) is 0 Å². The molecule has 2 amide bonds. The molecule has 2 atom stereocenters. The highest BCUT2D eigenvalue weighted by atomic mass is 16.5. The van der Waals surface area contributed by atoms with Crippen molar-refractivity contribution in [2.45, 2.75) is 69.1 Å². The van der Waals surface area contributed by atoms with Crippen LogP contribution < -0.4 is 26.0 Å². The Morgan fingerprint density at radius 2 is 0.900 bits per heavy atom. The molecule has 2 heterocycles. The molecule has 0 saturated heterocycles. The standard InChI is InChI=1S/C39H39N5O.C38H39N5O2/c1-44(2)22-10-9-21-40-39-41-25-27-23-35(33-15-7-8-16-34(33)38(27)43-39)26-17-19-28(20-18-26)42-37(45)24-36-31-13-5-3-11-29(31)30-12-4-6-14-32(30)36;1-43(2)23-11-10-22-39-38-40-26-29-24-34(32-15-7-8-16-33(32)37(29)42-38)27-18-20-30(21-19-27)41-36(44)25-28-12-6-9-17-35(28)45-31-13-4-3-5-14-31/h3-8,11-20,25,35-36H,9-10,21-24H2,1-2H3,(H,42,45)(H,40,41,43);3-9,12-21,26,34H,10-11,22-25H2,1-2H3,(H,41,44)(H,39,40,42). The first-order valence-corrected chi connectivity index (χ1v) is 31.5. The number of ether oxygens (including phenoxy) is 1. The summed E-state index contributed by atoms with van der Waals surface area (Å²) in [6.07, 6.45) is 10.7. The van der Waals surface area contributed by atoms with Crippen molar-refractivity contribution in [1.82, 2.24) is 29.7 Å². The van der Waals surface area contributed by atoms with Crippen LogP contribution in [0.4, 0.5) is 23.3 Å². The minimum absolute atomic E-state index is 0.0236. The summed E-state index contributed by atoms with van der Waals surface area (Å²) in [4.78, 5) is 50.0. The van der Waals surface area contributed by atoms with E-state index >= 15 is 0 Å². The first kappa shape index (κ1) is 60.5. The number of nitrogens with zero attached hydrogens (tertiary/aromatic N) is 6. The van der Waals surface area contributed by atoms with E-state index in [0.717, 1.165) is 121 Å². The Morgan fingerprint density at radius 3 is 1.40 bits per heavy atom. The molecule has 13 heteroatoms. The van der Waals surface area contributed by atoms with Crippen LogP contribution in [0.5, 0.6) is 11.5 Å². The van der Waals surface area contributed by atoms with E-state index in [9.17, 15) is 9.59 Å². The van der Waals surface area contributed by atoms with Crippen LogP contribution in [0.3, 0.4) is 0 Å². The molecule has 0 aliphatic heterocycles. The summed E-state index contributed by atoms with van der Waals surface area (Å²) in [5, 5.41) is 13.1. The van der Waals surface area contributed by atoms with Crippen molar-refractivity contribution in [3.63, 3.8) is 0 Å². The van der Waals surface area contributed by atoms with E-state index in [2.05, 4.69) is 191 Å². The molecule has 0 bridgehead atoms. The Morgan fingerprint density at radius 1 is 0.467 bits per heavy atom. The van der Waals surface area contributed by atoms with Gasteiger partial charge in [-0.05, 0) is 178 Å². The molecular formula is C77H78N10O3. The van der Waals surface area contributed by atoms with Gasteiger partial charge in [0.2, 0.25) is 23.7 Å². The number of amides is 2. The van der Waals surface area contributed by atoms with Gasteiger partial charge >= 0.3 is 0 Å². The summed E-state index contributed by atoms with van der Waals surface area (Å²) in [6, 6.07) is 67.8. The number of benzene rings is 8. The van der Waals surface area contributed by atoms with Crippen molar-refractivity contribution in [2.75, 3.05) is 75.6 Å². The molecule has 2 unspecified atom stereocenters. The highest BCUT2D eigenvalue weighted by Crippen LogP contribution is 2.47. The van der Waals surface area contributed by atoms with Gasteiger partial charge in [0.15, 0.2) is 0 Å². The van der Waals surface area contributed by atoms with E-state index in [-0.39, 0.29) is 36.0 Å². The fourth-order valence-electron chi connectivity index (χ4n) is 12.8. The number of rotatable bonds is 22. The Balaban J connectivity index is 0.000000174. The van der Waals surface area contributed by atoms with Gasteiger partial charge in [0.05, 0.1) is 17.8 Å². The Bertz CT molecular complexity index is 4050. The summed E-state index contributed by atoms with van der Waals surface area (Å²) in [7, 11) is 8.41. The van der Waals surface area contributed by atoms with E-state index in [0.29, 0.717) is 24.1 Å². The lowest BCUT2D eigenvalue weighted by molar-refractivity contribution is -0.116. The number of carbonyl (C=O) groups is 2. The minimum Gasteiger partial charge on any atom is -0.457 e. The van der Waals surface area contributed by atoms with Crippen LogP contribution in [-0.2, 0) is 28.9 Å². The lowest BCUT2D eigenvalue weighted by Crippen LogP contribution is -2.17. The molecule has 3 aliphatic carbocycles. The van der Waals surface area contributed by atoms with E-state index in [1.165, 1.54) is 44.5 Å². The second kappa shape index (κ2) is 28.6. The molecule has 3 aliphatic rings. The Kier molecular flexibility index (Phi) is 19.2. The molecule has 13 rings (SSSR count). The zero-order chi connectivity index (χ0) is 61.8. The van der Waals surface area contributed by atoms with Gasteiger partial charge in [0.1, 0.15) is 11.5 Å². The normalized spacial score (nSPS) is 14.2. The number of hydrogen-bond acceptors (Lipinski definition) is 11. The molecule has 0 spiro atoms. The lowest BCUT2D eigenvalue weighted by Gasteiger charge is -2.27. The maximum Gasteiger partial charge on any atom is 0.228 e. The number of para-hydroxylation sites is 2. The summed E-state index contributed by atoms with van der Waals surface area (Å²) in [5.41, 5.74) is 18.9. The molecule has 454 valence electrons. The maximum absolute atomic E-state index is 13.3. The van der Waals surface area contributed by atoms with E-state index < -0.39 is 0 Å². The number of anilines is 4. The van der Waals surface area contributed by atoms with Crippen molar-refractivity contribution >= 4 is 35.1 Å². The molecule has 4 N–H and O–H groups in total. The van der Waals surface area contributed by atoms with Gasteiger partial charge in [-0.15, -0.1) is 0 Å². The molecule has 0 radical (unpaired) electrons. The van der Waals surface area contributed by atoms with Gasteiger partial charge in [-0.1, -0.05) is 158 Å². The summed E-state index contributed by atoms with van der Waals surface area (Å²) < 4.78 is 6.04. The minimum atomic E-state index is -0.0944. The van der Waals surface area contributed by atoms with Gasteiger partial charge in [-0.2, -0.15) is 0 Å². The average Bonchev–Trinajstić information content (AvgIpc) is 0.921. The third-order valence-electron chi connectivity index (χ3n) is 17.2. The van der Waals surface area contributed by atoms with Crippen LogP contribution in [-0.4, -0.2) is 95.9 Å². The van der Waals surface area contributed by atoms with Crippen molar-refractivity contribution in [3.05, 3.63) is 263 Å². The van der Waals surface area contributed by atoms with Crippen LogP contribution in [0.1, 0.15) is 99.9 Å². The molecule has 0 fully saturated rings. The quantitative estimate of drug-likeness (QED) is 0.0480. The predicted molar refractivity (Wildman–Crippen MR) is 364 cm³/mol. The topological polar surface area (TPSA) is 150 Å². The van der Waals surface area contributed by atoms with Crippen molar-refractivity contribution in [2.24, 2.45) is 0 Å². The number of carbonyl (C=O) groups excluding carboxylic acids is 2. The zero-order valence-electron chi connectivity index (χ0n) is 51.8. The fourth-order valence-corrected chi connectivity index (χ4v) is 12.8. The highest BCUT2D eigenvalue weighted by Gasteiger charge is 2.32. The van der Waals surface area contributed by atoms with Gasteiger partial charge in [0, 0.05) is 77.7 Å². The van der Waals surface area contributed by atoms with Crippen LogP contribution in [0.25, 0.3) is 33.6 Å². The third kappa shape index (κ3) is 14.5. The second-order valence-corrected chi connectivity index (χ2v) is 24.2. The van der Waals surface area contributed by atoms with Crippen molar-refractivity contribution < 1.29 is 14.3 Å². The second-order valence-electron chi connectivity index (χ2n) is 24.2. The SMILES string of the molecule is CN(C)CCCCNc1ncc2c(n1)-c1ccccc1C(c1ccc(NC(=O)CC3c4ccccc4-c4ccccc43)cc1)C2.CN(C)CCCCNc1ncc2c(n1)-c1ccccc1C(c1ccc(NC(=O)Cc3ccccc3Oc3ccccc3)cc1)C2. The maximum atomic E-state index is 13.3. The number of hydrogen-bond donors (Lipinski definition) is 4. The van der Waals surface area contributed by atoms with Gasteiger partial charge in [-0.25, -0.2) is 19.9 Å². The van der Waals surface area contributed by atoms with Crippen LogP contribution in [0, 0.1) is 0 Å². The van der Waals surface area contributed by atoms with E-state index in [1.54, 1.807) is 0 Å². The number of unbranched alkanes of at least 4 members (excludes halogenated alkanes) is 2. The van der Waals surface area contributed by atoms with Gasteiger partial charge in [-0.3, -0.25) is 9.59 Å². The number of nitrogens with one attached hydrogen (secondary N) is 4. The molecule has 2 aromatic heterocycles. The molecule has 90 heavy (non-hydrogen) atoms. The van der Waals surface area contributed by atoms with E-state index in [1.807, 2.05) is 91.3 Å². The van der Waals surface area contributed by atoms with Gasteiger partial charge in [0.25, 0.3) is 0 Å². The number of fused-ring (bicyclic) bond motifs is 9. The summed E-state index contributed by atoms with van der Waals surface area (Å²) in [5.74, 6) is 3.15. The monoisotopic (exact) mass is 1190 g/mol. The molecular weight excluding hydrogens is 1110 g/mol. The first-order valence-electron chi connectivity index (χ1n) is 31.5. The smallest absolute Gasteiger partial charge is 0.228 e. The molecule has 8 aromatic carbocycles. The van der Waals surface area contributed by atoms with Gasteiger partial charge < -0.3 is 35.8 Å². The Hall–Kier alpha value is -9.82. The average molecular weight is 1190 g/mol. The summed E-state index contributed by atoms with van der Waals surface area (Å²) >= 11 is 0. The number of aromatic nitrogens is 4. The van der Waals surface area contributed by atoms with Crippen LogP contribution >= 0.6 is 0 Å². The van der Waals surface area contributed by atoms with Crippen LogP contribution in [0.15, 0.2) is 213 Å². The lowest BCUT2D eigenvalue weighted by atomic mass is 9.78. The first-order chi connectivity index (χ1) is 44.1. The Labute approximate surface area is 529 Å². The third-order valence-corrected chi connectivity index (χ3v) is 17.2. The molecule has 0 saturated carbocycles. The molecule has 13 nitrogen and oxygen atoms in total. The fraction of sp³-hybridized carbons (Fsp3) is 0.247. The van der Waals surface area contributed by atoms with E-state index in [4.69, 9.17) is 14.7 Å². The highest BCUT2D eigenvalue weighted by molar-refractivity contribution is 5.94. The zero-order valence-corrected chi connectivity index (χ0v) is 51.8. The predicted octanol–water partition coefficient (Wildman–Crippen LogP) is 15.3. The van der Waals surface area contributed by atoms with Crippen molar-refractivity contribution in [3.8, 4) is 45.1 Å². The summed E-state index contributed by atoms with van der Waals surface area (Å²) in [6.45, 7) is 3.88. The van der Waals surface area contributed by atoms with Crippen LogP contribution in [0.2, 0.25) is 0 Å². The molecule has 10 aromatic rings. The largest absolute Gasteiger partial charge is 0.457 e.